The van der Waals surface area contributed by atoms with E-state index >= 15 is 0 Å². The lowest BCUT2D eigenvalue weighted by Crippen LogP contribution is -2.24. The zero-order chi connectivity index (χ0) is 19.0. The van der Waals surface area contributed by atoms with Crippen molar-refractivity contribution in [3.05, 3.63) is 58.9 Å². The van der Waals surface area contributed by atoms with E-state index in [4.69, 9.17) is 20.9 Å². The number of hydrogen-bond donors (Lipinski definition) is 0. The molecule has 0 N–H and O–H groups in total. The quantitative estimate of drug-likeness (QED) is 0.674. The van der Waals surface area contributed by atoms with Gasteiger partial charge in [-0.3, -0.25) is 4.79 Å². The molecule has 0 bridgehead atoms. The predicted molar refractivity (Wildman–Crippen MR) is 102 cm³/mol. The van der Waals surface area contributed by atoms with Crippen LogP contribution in [0, 0.1) is 6.92 Å². The van der Waals surface area contributed by atoms with E-state index < -0.39 is 0 Å². The molecule has 0 saturated carbocycles. The van der Waals surface area contributed by atoms with Crippen molar-refractivity contribution < 1.29 is 14.1 Å². The van der Waals surface area contributed by atoms with E-state index in [9.17, 15) is 4.79 Å². The summed E-state index contributed by atoms with van der Waals surface area (Å²) in [7, 11) is 1.56. The van der Waals surface area contributed by atoms with Gasteiger partial charge in [0.2, 0.25) is 5.91 Å². The molecule has 1 aliphatic heterocycles. The van der Waals surface area contributed by atoms with E-state index in [1.54, 1.807) is 30.2 Å². The van der Waals surface area contributed by atoms with Gasteiger partial charge in [-0.05, 0) is 37.3 Å². The summed E-state index contributed by atoms with van der Waals surface area (Å²) in [5.41, 5.74) is 2.71. The lowest BCUT2D eigenvalue weighted by Gasteiger charge is -2.16. The molecule has 0 unspecified atom stereocenters. The molecule has 1 aromatic heterocycles. The Morgan fingerprint density at radius 2 is 2.00 bits per heavy atom. The minimum atomic E-state index is -0.116. The van der Waals surface area contributed by atoms with Crippen molar-refractivity contribution in [2.45, 2.75) is 19.3 Å². The van der Waals surface area contributed by atoms with Crippen molar-refractivity contribution >= 4 is 23.2 Å². The van der Waals surface area contributed by atoms with Crippen molar-refractivity contribution in [3.8, 4) is 17.2 Å². The van der Waals surface area contributed by atoms with Crippen LogP contribution in [0.4, 0.5) is 5.69 Å². The Hall–Kier alpha value is -2.86. The van der Waals surface area contributed by atoms with Crippen molar-refractivity contribution in [3.63, 3.8) is 0 Å². The van der Waals surface area contributed by atoms with Gasteiger partial charge in [0.25, 0.3) is 5.89 Å². The molecular weight excluding hydrogens is 366 g/mol. The van der Waals surface area contributed by atoms with E-state index in [0.29, 0.717) is 41.0 Å². The van der Waals surface area contributed by atoms with E-state index in [0.717, 1.165) is 11.3 Å². The second kappa shape index (κ2) is 7.04. The molecule has 7 heteroatoms. The monoisotopic (exact) mass is 383 g/mol. The van der Waals surface area contributed by atoms with E-state index in [1.807, 2.05) is 31.2 Å². The average molecular weight is 384 g/mol. The summed E-state index contributed by atoms with van der Waals surface area (Å²) < 4.78 is 10.8. The van der Waals surface area contributed by atoms with Crippen molar-refractivity contribution in [2.24, 2.45) is 0 Å². The molecule has 1 fully saturated rings. The lowest BCUT2D eigenvalue weighted by molar-refractivity contribution is -0.117. The molecule has 0 spiro atoms. The Kier molecular flexibility index (Phi) is 4.58. The van der Waals surface area contributed by atoms with Crippen LogP contribution in [0.1, 0.15) is 23.7 Å². The summed E-state index contributed by atoms with van der Waals surface area (Å²) >= 11 is 6.00. The van der Waals surface area contributed by atoms with Gasteiger partial charge in [0, 0.05) is 29.6 Å². The first-order valence-electron chi connectivity index (χ1n) is 8.59. The Labute approximate surface area is 161 Å². The normalized spacial score (nSPS) is 16.8. The molecule has 2 aromatic carbocycles. The average Bonchev–Trinajstić information content (AvgIpc) is 3.29. The molecule has 4 rings (SSSR count). The van der Waals surface area contributed by atoms with Crippen molar-refractivity contribution in [2.75, 3.05) is 18.6 Å². The predicted octanol–water partition coefficient (Wildman–Crippen LogP) is 4.23. The van der Waals surface area contributed by atoms with Crippen LogP contribution >= 0.6 is 11.6 Å². The number of aromatic nitrogens is 2. The van der Waals surface area contributed by atoms with E-state index in [1.165, 1.54) is 0 Å². The highest BCUT2D eigenvalue weighted by Crippen LogP contribution is 2.34. The van der Waals surface area contributed by atoms with Gasteiger partial charge < -0.3 is 14.2 Å². The van der Waals surface area contributed by atoms with Gasteiger partial charge in [-0.25, -0.2) is 0 Å². The van der Waals surface area contributed by atoms with Gasteiger partial charge in [0.05, 0.1) is 12.7 Å². The number of hydrogen-bond acceptors (Lipinski definition) is 5. The Morgan fingerprint density at radius 3 is 2.74 bits per heavy atom. The highest BCUT2D eigenvalue weighted by molar-refractivity contribution is 6.30. The van der Waals surface area contributed by atoms with Gasteiger partial charge in [-0.1, -0.05) is 34.5 Å². The van der Waals surface area contributed by atoms with Gasteiger partial charge >= 0.3 is 0 Å². The minimum Gasteiger partial charge on any atom is -0.496 e. The maximum Gasteiger partial charge on any atom is 0.261 e. The summed E-state index contributed by atoms with van der Waals surface area (Å²) in [4.78, 5) is 18.7. The van der Waals surface area contributed by atoms with Crippen molar-refractivity contribution in [1.82, 2.24) is 10.1 Å². The number of benzene rings is 2. The third-order valence-electron chi connectivity index (χ3n) is 4.67. The Morgan fingerprint density at radius 1 is 1.22 bits per heavy atom. The molecule has 3 aromatic rings. The number of carbonyl (C=O) groups excluding carboxylic acids is 1. The summed E-state index contributed by atoms with van der Waals surface area (Å²) in [6.45, 7) is 2.54. The van der Waals surface area contributed by atoms with Gasteiger partial charge in [-0.2, -0.15) is 4.98 Å². The maximum atomic E-state index is 12.5. The van der Waals surface area contributed by atoms with Crippen LogP contribution < -0.4 is 9.64 Å². The number of nitrogens with zero attached hydrogens (tertiary/aromatic N) is 3. The van der Waals surface area contributed by atoms with Crippen LogP contribution in [0.25, 0.3) is 11.5 Å². The number of anilines is 1. The summed E-state index contributed by atoms with van der Waals surface area (Å²) in [5.74, 6) is 1.36. The number of ether oxygens (including phenoxy) is 1. The molecule has 2 heterocycles. The molecular formula is C20H18ClN3O3. The van der Waals surface area contributed by atoms with Crippen LogP contribution in [0.2, 0.25) is 5.02 Å². The third-order valence-corrected chi connectivity index (χ3v) is 4.91. The highest BCUT2D eigenvalue weighted by atomic mass is 35.5. The molecule has 1 aliphatic rings. The fraction of sp³-hybridized carbons (Fsp3) is 0.250. The molecule has 1 saturated heterocycles. The highest BCUT2D eigenvalue weighted by Gasteiger charge is 2.34. The molecule has 0 radical (unpaired) electrons. The van der Waals surface area contributed by atoms with Gasteiger partial charge in [0.1, 0.15) is 5.75 Å². The third kappa shape index (κ3) is 3.40. The smallest absolute Gasteiger partial charge is 0.261 e. The molecule has 0 aliphatic carbocycles. The first-order chi connectivity index (χ1) is 13.0. The number of aryl methyl sites for hydroxylation is 1. The second-order valence-corrected chi connectivity index (χ2v) is 6.98. The van der Waals surface area contributed by atoms with Crippen LogP contribution in [-0.2, 0) is 4.79 Å². The number of amides is 1. The molecule has 6 nitrogen and oxygen atoms in total. The van der Waals surface area contributed by atoms with Crippen LogP contribution in [0.15, 0.2) is 47.0 Å². The van der Waals surface area contributed by atoms with E-state index in [2.05, 4.69) is 10.1 Å². The van der Waals surface area contributed by atoms with Gasteiger partial charge in [0.15, 0.2) is 5.82 Å². The van der Waals surface area contributed by atoms with Crippen LogP contribution in [0.5, 0.6) is 5.75 Å². The topological polar surface area (TPSA) is 68.5 Å². The molecule has 1 amide bonds. The summed E-state index contributed by atoms with van der Waals surface area (Å²) in [6, 6.07) is 13.1. The van der Waals surface area contributed by atoms with Crippen LogP contribution in [0.3, 0.4) is 0 Å². The molecule has 138 valence electrons. The van der Waals surface area contributed by atoms with Crippen LogP contribution in [-0.4, -0.2) is 29.7 Å². The fourth-order valence-electron chi connectivity index (χ4n) is 3.21. The zero-order valence-electron chi connectivity index (χ0n) is 15.0. The fourth-order valence-corrected chi connectivity index (χ4v) is 3.37. The zero-order valence-corrected chi connectivity index (χ0v) is 15.7. The first-order valence-corrected chi connectivity index (χ1v) is 8.97. The molecule has 27 heavy (non-hydrogen) atoms. The van der Waals surface area contributed by atoms with Crippen molar-refractivity contribution in [1.29, 1.82) is 0 Å². The number of carbonyl (C=O) groups is 1. The molecule has 1 atom stereocenters. The first kappa shape index (κ1) is 17.5. The maximum absolute atomic E-state index is 12.5. The lowest BCUT2D eigenvalue weighted by atomic mass is 10.1. The standard InChI is InChI=1S/C20H18ClN3O3/c1-12-3-6-15(7-4-12)24-11-13(9-18(24)25)19-22-20(27-23-19)16-8-5-14(21)10-17(16)26-2/h3-8,10,13H,9,11H2,1-2H3/t13-/m0/s1. The second-order valence-electron chi connectivity index (χ2n) is 6.54. The largest absolute Gasteiger partial charge is 0.496 e. The summed E-state index contributed by atoms with van der Waals surface area (Å²) in [5, 5.41) is 4.66. The number of rotatable bonds is 4. The number of halogens is 1. The number of methoxy groups -OCH3 is 1. The van der Waals surface area contributed by atoms with Gasteiger partial charge in [-0.15, -0.1) is 0 Å². The Bertz CT molecular complexity index is 984. The minimum absolute atomic E-state index is 0.0549. The van der Waals surface area contributed by atoms with E-state index in [-0.39, 0.29) is 11.8 Å². The SMILES string of the molecule is COc1cc(Cl)ccc1-c1nc([C@H]2CC(=O)N(c3ccc(C)cc3)C2)no1. The Balaban J connectivity index is 1.57. The summed E-state index contributed by atoms with van der Waals surface area (Å²) in [6.07, 6.45) is 0.352.